The zero-order valence-electron chi connectivity index (χ0n) is 22.0. The Hall–Kier alpha value is -3.63. The van der Waals surface area contributed by atoms with Gasteiger partial charge in [0.2, 0.25) is 17.7 Å². The third-order valence-corrected chi connectivity index (χ3v) is 4.89. The molecule has 4 N–H and O–H groups in total. The lowest BCUT2D eigenvalue weighted by Gasteiger charge is -2.43. The maximum Gasteiger partial charge on any atom is 0.408 e. The molecule has 1 rings (SSSR count). The second kappa shape index (κ2) is 12.9. The zero-order chi connectivity index (χ0) is 27.7. The summed E-state index contributed by atoms with van der Waals surface area (Å²) in [6, 6.07) is 6.15. The van der Waals surface area contributed by atoms with E-state index < -0.39 is 59.6 Å². The van der Waals surface area contributed by atoms with Crippen LogP contribution >= 0.6 is 0 Å². The molecule has 0 aromatic heterocycles. The number of carbonyl (C=O) groups excluding carboxylic acids is 5. The highest BCUT2D eigenvalue weighted by atomic mass is 16.6. The molecule has 36 heavy (non-hydrogen) atoms. The SMILES string of the molecule is COC(=O)CNC(=O)C(c1ccccc1)N(C(=O)C(CCC(N)=O)NC(=O)OC(C)(C)C)C(C)(C)C. The van der Waals surface area contributed by atoms with Crippen molar-refractivity contribution in [2.24, 2.45) is 5.73 Å². The van der Waals surface area contributed by atoms with E-state index in [-0.39, 0.29) is 12.8 Å². The minimum atomic E-state index is -1.22. The maximum atomic E-state index is 13.9. The fourth-order valence-electron chi connectivity index (χ4n) is 3.39. The number of carbonyl (C=O) groups is 5. The van der Waals surface area contributed by atoms with Crippen LogP contribution < -0.4 is 16.4 Å². The molecule has 1 aromatic rings. The number of nitrogens with two attached hydrogens (primary N) is 1. The maximum absolute atomic E-state index is 13.9. The van der Waals surface area contributed by atoms with Crippen LogP contribution in [0.15, 0.2) is 30.3 Å². The Balaban J connectivity index is 3.49. The summed E-state index contributed by atoms with van der Waals surface area (Å²) in [6.07, 6.45) is -1.15. The summed E-state index contributed by atoms with van der Waals surface area (Å²) < 4.78 is 9.89. The molecular formula is C25H38N4O7. The molecule has 0 radical (unpaired) electrons. The minimum absolute atomic E-state index is 0.106. The second-order valence-corrected chi connectivity index (χ2v) is 10.2. The van der Waals surface area contributed by atoms with Gasteiger partial charge in [0.15, 0.2) is 0 Å². The summed E-state index contributed by atoms with van der Waals surface area (Å²) >= 11 is 0. The molecule has 0 heterocycles. The Morgan fingerprint density at radius 1 is 1.00 bits per heavy atom. The first-order valence-electron chi connectivity index (χ1n) is 11.6. The average Bonchev–Trinajstić information content (AvgIpc) is 2.76. The molecule has 0 saturated heterocycles. The summed E-state index contributed by atoms with van der Waals surface area (Å²) in [6.45, 7) is 9.81. The van der Waals surface area contributed by atoms with Crippen LogP contribution in [0.5, 0.6) is 0 Å². The lowest BCUT2D eigenvalue weighted by atomic mass is 9.94. The van der Waals surface area contributed by atoms with Gasteiger partial charge in [-0.15, -0.1) is 0 Å². The van der Waals surface area contributed by atoms with Crippen molar-refractivity contribution in [3.8, 4) is 0 Å². The van der Waals surface area contributed by atoms with E-state index in [2.05, 4.69) is 15.4 Å². The number of alkyl carbamates (subject to hydrolysis) is 1. The fraction of sp³-hybridized carbons (Fsp3) is 0.560. The highest BCUT2D eigenvalue weighted by molar-refractivity contribution is 5.94. The minimum Gasteiger partial charge on any atom is -0.468 e. The third kappa shape index (κ3) is 9.93. The number of hydrogen-bond donors (Lipinski definition) is 3. The molecule has 0 spiro atoms. The molecule has 2 atom stereocenters. The number of rotatable bonds is 10. The van der Waals surface area contributed by atoms with Crippen molar-refractivity contribution < 1.29 is 33.4 Å². The van der Waals surface area contributed by atoms with E-state index in [1.54, 1.807) is 71.9 Å². The van der Waals surface area contributed by atoms with Gasteiger partial charge in [-0.25, -0.2) is 4.79 Å². The highest BCUT2D eigenvalue weighted by Crippen LogP contribution is 2.30. The van der Waals surface area contributed by atoms with Gasteiger partial charge in [-0.2, -0.15) is 0 Å². The number of amides is 4. The largest absolute Gasteiger partial charge is 0.468 e. The second-order valence-electron chi connectivity index (χ2n) is 10.2. The molecule has 0 aliphatic heterocycles. The van der Waals surface area contributed by atoms with Crippen LogP contribution in [0.1, 0.15) is 66.0 Å². The van der Waals surface area contributed by atoms with Crippen molar-refractivity contribution >= 4 is 29.8 Å². The summed E-state index contributed by atoms with van der Waals surface area (Å²) in [7, 11) is 1.19. The standard InChI is InChI=1S/C25H38N4O7/c1-24(2,3)29(20(16-11-9-8-10-12-16)21(32)27-15-19(31)35-7)22(33)17(13-14-18(26)30)28-23(34)36-25(4,5)6/h8-12,17,20H,13-15H2,1-7H3,(H2,26,30)(H,27,32)(H,28,34). The Morgan fingerprint density at radius 3 is 2.06 bits per heavy atom. The van der Waals surface area contributed by atoms with Crippen LogP contribution in [0.3, 0.4) is 0 Å². The normalized spacial score (nSPS) is 13.1. The van der Waals surface area contributed by atoms with Gasteiger partial charge in [0, 0.05) is 12.0 Å². The van der Waals surface area contributed by atoms with Crippen molar-refractivity contribution in [3.63, 3.8) is 0 Å². The first-order chi connectivity index (χ1) is 16.6. The molecule has 0 aliphatic rings. The first kappa shape index (κ1) is 30.4. The predicted molar refractivity (Wildman–Crippen MR) is 132 cm³/mol. The summed E-state index contributed by atoms with van der Waals surface area (Å²) in [5.41, 5.74) is 4.02. The van der Waals surface area contributed by atoms with Crippen LogP contribution in [0, 0.1) is 0 Å². The van der Waals surface area contributed by atoms with E-state index in [0.717, 1.165) is 0 Å². The number of methoxy groups -OCH3 is 1. The van der Waals surface area contributed by atoms with Gasteiger partial charge in [0.05, 0.1) is 7.11 Å². The van der Waals surface area contributed by atoms with Crippen molar-refractivity contribution in [1.29, 1.82) is 0 Å². The van der Waals surface area contributed by atoms with E-state index in [1.165, 1.54) is 12.0 Å². The number of nitrogens with one attached hydrogen (secondary N) is 2. The number of primary amides is 1. The van der Waals surface area contributed by atoms with Crippen LogP contribution in [0.25, 0.3) is 0 Å². The van der Waals surface area contributed by atoms with Crippen molar-refractivity contribution in [2.75, 3.05) is 13.7 Å². The van der Waals surface area contributed by atoms with Gasteiger partial charge in [-0.3, -0.25) is 19.2 Å². The Labute approximate surface area is 212 Å². The molecule has 0 aliphatic carbocycles. The van der Waals surface area contributed by atoms with Crippen LogP contribution in [-0.4, -0.2) is 65.5 Å². The van der Waals surface area contributed by atoms with Crippen LogP contribution in [0.4, 0.5) is 4.79 Å². The molecule has 11 heteroatoms. The molecule has 200 valence electrons. The quantitative estimate of drug-likeness (QED) is 0.408. The zero-order valence-corrected chi connectivity index (χ0v) is 22.0. The lowest BCUT2D eigenvalue weighted by Crippen LogP contribution is -2.59. The molecule has 4 amide bonds. The van der Waals surface area contributed by atoms with E-state index in [9.17, 15) is 24.0 Å². The van der Waals surface area contributed by atoms with Crippen LogP contribution in [0.2, 0.25) is 0 Å². The molecule has 0 bridgehead atoms. The third-order valence-electron chi connectivity index (χ3n) is 4.89. The molecule has 2 unspecified atom stereocenters. The molecule has 0 saturated carbocycles. The van der Waals surface area contributed by atoms with Gasteiger partial charge in [0.25, 0.3) is 0 Å². The van der Waals surface area contributed by atoms with Gasteiger partial charge in [-0.05, 0) is 53.5 Å². The Morgan fingerprint density at radius 2 is 1.58 bits per heavy atom. The number of hydrogen-bond acceptors (Lipinski definition) is 7. The predicted octanol–water partition coefficient (Wildman–Crippen LogP) is 1.80. The number of nitrogens with zero attached hydrogens (tertiary/aromatic N) is 1. The molecule has 0 fully saturated rings. The van der Waals surface area contributed by atoms with Gasteiger partial charge >= 0.3 is 12.1 Å². The van der Waals surface area contributed by atoms with Crippen molar-refractivity contribution in [2.45, 2.75) is 77.6 Å². The van der Waals surface area contributed by atoms with Crippen LogP contribution in [-0.2, 0) is 28.7 Å². The lowest BCUT2D eigenvalue weighted by molar-refractivity contribution is -0.149. The van der Waals surface area contributed by atoms with E-state index in [0.29, 0.717) is 5.56 Å². The molecular weight excluding hydrogens is 468 g/mol. The van der Waals surface area contributed by atoms with E-state index in [4.69, 9.17) is 10.5 Å². The van der Waals surface area contributed by atoms with E-state index >= 15 is 0 Å². The van der Waals surface area contributed by atoms with Crippen molar-refractivity contribution in [1.82, 2.24) is 15.5 Å². The Kier molecular flexibility index (Phi) is 10.9. The molecule has 1 aromatic carbocycles. The molecule has 11 nitrogen and oxygen atoms in total. The number of esters is 1. The summed E-state index contributed by atoms with van der Waals surface area (Å²) in [4.78, 5) is 64.3. The number of ether oxygens (including phenoxy) is 2. The fourth-order valence-corrected chi connectivity index (χ4v) is 3.39. The Bertz CT molecular complexity index is 936. The van der Waals surface area contributed by atoms with Gasteiger partial charge < -0.3 is 30.7 Å². The number of benzene rings is 1. The average molecular weight is 507 g/mol. The van der Waals surface area contributed by atoms with Gasteiger partial charge in [0.1, 0.15) is 24.2 Å². The monoisotopic (exact) mass is 506 g/mol. The van der Waals surface area contributed by atoms with Crippen molar-refractivity contribution in [3.05, 3.63) is 35.9 Å². The first-order valence-corrected chi connectivity index (χ1v) is 11.6. The summed E-state index contributed by atoms with van der Waals surface area (Å²) in [5.74, 6) is -2.57. The summed E-state index contributed by atoms with van der Waals surface area (Å²) in [5, 5.41) is 5.03. The van der Waals surface area contributed by atoms with E-state index in [1.807, 2.05) is 0 Å². The van der Waals surface area contributed by atoms with Gasteiger partial charge in [-0.1, -0.05) is 30.3 Å². The highest BCUT2D eigenvalue weighted by Gasteiger charge is 2.42. The smallest absolute Gasteiger partial charge is 0.408 e. The topological polar surface area (TPSA) is 157 Å².